The molecule has 28 heavy (non-hydrogen) atoms. The van der Waals surface area contributed by atoms with Gasteiger partial charge in [-0.25, -0.2) is 4.79 Å². The first-order valence-corrected chi connectivity index (χ1v) is 8.62. The van der Waals surface area contributed by atoms with E-state index in [1.807, 2.05) is 25.1 Å². The van der Waals surface area contributed by atoms with Crippen molar-refractivity contribution in [2.45, 2.75) is 6.92 Å². The zero-order valence-electron chi connectivity index (χ0n) is 14.8. The maximum Gasteiger partial charge on any atom is 0.344 e. The Morgan fingerprint density at radius 1 is 1.11 bits per heavy atom. The Labute approximate surface area is 165 Å². The minimum absolute atomic E-state index is 0.0900. The summed E-state index contributed by atoms with van der Waals surface area (Å²) in [6.07, 6.45) is 0. The fourth-order valence-corrected chi connectivity index (χ4v) is 2.28. The van der Waals surface area contributed by atoms with E-state index in [-0.39, 0.29) is 18.5 Å². The number of carbonyl (C=O) groups excluding carboxylic acids is 2. The molecule has 0 saturated carbocycles. The fraction of sp³-hybridized carbons (Fsp3) is 0.158. The number of halogens is 1. The van der Waals surface area contributed by atoms with Gasteiger partial charge in [0.2, 0.25) is 5.89 Å². The van der Waals surface area contributed by atoms with E-state index in [9.17, 15) is 9.59 Å². The number of amides is 1. The number of hydrogen-bond acceptors (Lipinski definition) is 7. The summed E-state index contributed by atoms with van der Waals surface area (Å²) in [4.78, 5) is 23.6. The maximum absolute atomic E-state index is 11.8. The van der Waals surface area contributed by atoms with E-state index in [1.54, 1.807) is 30.3 Å². The molecule has 8 nitrogen and oxygen atoms in total. The lowest BCUT2D eigenvalue weighted by Crippen LogP contribution is -2.23. The van der Waals surface area contributed by atoms with Crippen molar-refractivity contribution in [1.82, 2.24) is 10.2 Å². The van der Waals surface area contributed by atoms with E-state index in [2.05, 4.69) is 15.5 Å². The van der Waals surface area contributed by atoms with Gasteiger partial charge in [0, 0.05) is 10.6 Å². The Balaban J connectivity index is 1.43. The molecule has 2 aromatic carbocycles. The topological polar surface area (TPSA) is 104 Å². The van der Waals surface area contributed by atoms with E-state index < -0.39 is 18.5 Å². The van der Waals surface area contributed by atoms with Crippen LogP contribution in [0, 0.1) is 6.92 Å². The third-order valence-corrected chi connectivity index (χ3v) is 3.97. The molecule has 0 fully saturated rings. The number of rotatable bonds is 7. The summed E-state index contributed by atoms with van der Waals surface area (Å²) in [5.74, 6) is -0.570. The molecule has 1 heterocycles. The lowest BCUT2D eigenvalue weighted by molar-refractivity contribution is -0.149. The number of hydrogen-bond donors (Lipinski definition) is 1. The normalized spacial score (nSPS) is 10.4. The van der Waals surface area contributed by atoms with Crippen molar-refractivity contribution in [3.05, 3.63) is 59.1 Å². The number of nitrogens with zero attached hydrogens (tertiary/aromatic N) is 2. The summed E-state index contributed by atoms with van der Waals surface area (Å²) in [6.45, 7) is 0.969. The van der Waals surface area contributed by atoms with Gasteiger partial charge in [-0.15, -0.1) is 5.10 Å². The standard InChI is InChI=1S/C19H16ClN3O5/c1-12-9-14(7-8-15(12)20)26-11-17(25)27-10-16(24)21-19-23-22-18(28-19)13-5-3-2-4-6-13/h2-9H,10-11H2,1H3,(H,21,23,24). The Morgan fingerprint density at radius 2 is 1.89 bits per heavy atom. The fourth-order valence-electron chi connectivity index (χ4n) is 2.16. The van der Waals surface area contributed by atoms with Gasteiger partial charge in [-0.1, -0.05) is 34.9 Å². The molecule has 0 saturated heterocycles. The van der Waals surface area contributed by atoms with Crippen LogP contribution in [0.4, 0.5) is 6.01 Å². The van der Waals surface area contributed by atoms with Gasteiger partial charge in [0.25, 0.3) is 5.91 Å². The molecular formula is C19H16ClN3O5. The summed E-state index contributed by atoms with van der Waals surface area (Å²) in [5, 5.41) is 10.5. The molecule has 1 aromatic heterocycles. The molecule has 0 spiro atoms. The van der Waals surface area contributed by atoms with Crippen molar-refractivity contribution >= 4 is 29.5 Å². The summed E-state index contributed by atoms with van der Waals surface area (Å²) in [7, 11) is 0. The third kappa shape index (κ3) is 5.31. The number of ether oxygens (including phenoxy) is 2. The van der Waals surface area contributed by atoms with Gasteiger partial charge in [-0.3, -0.25) is 10.1 Å². The molecule has 144 valence electrons. The molecule has 0 aliphatic heterocycles. The van der Waals surface area contributed by atoms with Crippen molar-refractivity contribution in [1.29, 1.82) is 0 Å². The van der Waals surface area contributed by atoms with Crippen molar-refractivity contribution < 1.29 is 23.5 Å². The van der Waals surface area contributed by atoms with Crippen LogP contribution < -0.4 is 10.1 Å². The second-order valence-corrected chi connectivity index (χ2v) is 6.09. The Kier molecular flexibility index (Phi) is 6.23. The van der Waals surface area contributed by atoms with E-state index >= 15 is 0 Å². The third-order valence-electron chi connectivity index (χ3n) is 3.54. The lowest BCUT2D eigenvalue weighted by atomic mass is 10.2. The Bertz CT molecular complexity index is 975. The zero-order valence-corrected chi connectivity index (χ0v) is 15.6. The summed E-state index contributed by atoms with van der Waals surface area (Å²) >= 11 is 5.92. The minimum Gasteiger partial charge on any atom is -0.482 e. The molecule has 0 aliphatic carbocycles. The first-order valence-electron chi connectivity index (χ1n) is 8.24. The van der Waals surface area contributed by atoms with E-state index in [0.717, 1.165) is 11.1 Å². The minimum atomic E-state index is -0.696. The quantitative estimate of drug-likeness (QED) is 0.606. The van der Waals surface area contributed by atoms with Crippen LogP contribution in [0.25, 0.3) is 11.5 Å². The van der Waals surface area contributed by atoms with E-state index in [4.69, 9.17) is 25.5 Å². The molecule has 0 atom stereocenters. The SMILES string of the molecule is Cc1cc(OCC(=O)OCC(=O)Nc2nnc(-c3ccccc3)o2)ccc1Cl. The summed E-state index contributed by atoms with van der Waals surface area (Å²) in [6, 6.07) is 14.0. The zero-order chi connectivity index (χ0) is 19.9. The Morgan fingerprint density at radius 3 is 2.64 bits per heavy atom. The number of anilines is 1. The van der Waals surface area contributed by atoms with Crippen molar-refractivity contribution in [3.63, 3.8) is 0 Å². The van der Waals surface area contributed by atoms with Crippen molar-refractivity contribution in [2.24, 2.45) is 0 Å². The van der Waals surface area contributed by atoms with Crippen LogP contribution >= 0.6 is 11.6 Å². The molecule has 3 aromatic rings. The van der Waals surface area contributed by atoms with Crippen LogP contribution in [0.5, 0.6) is 5.75 Å². The summed E-state index contributed by atoms with van der Waals surface area (Å²) in [5.41, 5.74) is 1.54. The van der Waals surface area contributed by atoms with Gasteiger partial charge >= 0.3 is 12.0 Å². The number of aryl methyl sites for hydroxylation is 1. The number of nitrogens with one attached hydrogen (secondary N) is 1. The highest BCUT2D eigenvalue weighted by atomic mass is 35.5. The smallest absolute Gasteiger partial charge is 0.344 e. The van der Waals surface area contributed by atoms with E-state index in [1.165, 1.54) is 0 Å². The van der Waals surface area contributed by atoms with Gasteiger partial charge in [0.15, 0.2) is 13.2 Å². The van der Waals surface area contributed by atoms with Crippen LogP contribution in [0.15, 0.2) is 52.9 Å². The van der Waals surface area contributed by atoms with Crippen LogP contribution in [0.2, 0.25) is 5.02 Å². The van der Waals surface area contributed by atoms with E-state index in [0.29, 0.717) is 10.8 Å². The maximum atomic E-state index is 11.8. The van der Waals surface area contributed by atoms with Crippen molar-refractivity contribution in [3.8, 4) is 17.2 Å². The second-order valence-electron chi connectivity index (χ2n) is 5.69. The predicted octanol–water partition coefficient (Wildman–Crippen LogP) is 3.26. The number of benzene rings is 2. The number of esters is 1. The van der Waals surface area contributed by atoms with Gasteiger partial charge in [-0.2, -0.15) is 0 Å². The first-order chi connectivity index (χ1) is 13.5. The highest BCUT2D eigenvalue weighted by Crippen LogP contribution is 2.21. The van der Waals surface area contributed by atoms with Crippen LogP contribution in [-0.2, 0) is 14.3 Å². The molecule has 1 N–H and O–H groups in total. The van der Waals surface area contributed by atoms with Crippen molar-refractivity contribution in [2.75, 3.05) is 18.5 Å². The molecular weight excluding hydrogens is 386 g/mol. The monoisotopic (exact) mass is 401 g/mol. The van der Waals surface area contributed by atoms with Gasteiger partial charge in [0.05, 0.1) is 0 Å². The Hall–Kier alpha value is -3.39. The predicted molar refractivity (Wildman–Crippen MR) is 101 cm³/mol. The highest BCUT2D eigenvalue weighted by molar-refractivity contribution is 6.31. The van der Waals surface area contributed by atoms with Gasteiger partial charge in [-0.05, 0) is 42.8 Å². The molecule has 0 aliphatic rings. The largest absolute Gasteiger partial charge is 0.482 e. The average Bonchev–Trinajstić information content (AvgIpc) is 3.16. The van der Waals surface area contributed by atoms with Crippen LogP contribution in [0.3, 0.4) is 0 Å². The lowest BCUT2D eigenvalue weighted by Gasteiger charge is -2.07. The van der Waals surface area contributed by atoms with Crippen LogP contribution in [0.1, 0.15) is 5.56 Å². The number of aromatic nitrogens is 2. The van der Waals surface area contributed by atoms with Crippen LogP contribution in [-0.4, -0.2) is 35.3 Å². The number of carbonyl (C=O) groups is 2. The van der Waals surface area contributed by atoms with Gasteiger partial charge in [0.1, 0.15) is 5.75 Å². The molecule has 9 heteroatoms. The molecule has 0 radical (unpaired) electrons. The highest BCUT2D eigenvalue weighted by Gasteiger charge is 2.13. The molecule has 3 rings (SSSR count). The molecule has 0 bridgehead atoms. The average molecular weight is 402 g/mol. The second kappa shape index (κ2) is 9.01. The molecule has 0 unspecified atom stereocenters. The summed E-state index contributed by atoms with van der Waals surface area (Å²) < 4.78 is 15.5. The first kappa shape index (κ1) is 19.4. The van der Waals surface area contributed by atoms with Gasteiger partial charge < -0.3 is 13.9 Å². The molecule has 1 amide bonds.